The van der Waals surface area contributed by atoms with Gasteiger partial charge in [-0.2, -0.15) is 0 Å². The molecule has 0 fully saturated rings. The third-order valence-corrected chi connectivity index (χ3v) is 12.2. The smallest absolute Gasteiger partial charge is 0.160 e. The Labute approximate surface area is 365 Å². The van der Waals surface area contributed by atoms with Crippen molar-refractivity contribution in [2.45, 2.75) is 0 Å². The van der Waals surface area contributed by atoms with Gasteiger partial charge in [0, 0.05) is 55.0 Å². The van der Waals surface area contributed by atoms with E-state index in [-0.39, 0.29) is 0 Å². The lowest BCUT2D eigenvalue weighted by atomic mass is 9.96. The standard InChI is InChI=1S/C59H38N4/c1-5-17-39(18-6-1)40-31-33-41(34-32-40)54-38-55(62-59(61-54)43-21-9-3-10-22-43)45-24-15-23-44(35-45)47-28-16-29-49-51-36-50-48-27-13-14-30-53(48)60-57(42-19-7-2-8-20-42)52(50)37-56(51)63(58(47)49)46-25-11-4-12-26-46/h1-38H. The summed E-state index contributed by atoms with van der Waals surface area (Å²) < 4.78 is 2.44. The molecule has 4 heteroatoms. The topological polar surface area (TPSA) is 43.6 Å². The van der Waals surface area contributed by atoms with Crippen molar-refractivity contribution in [3.8, 4) is 73.1 Å². The van der Waals surface area contributed by atoms with Gasteiger partial charge in [-0.3, -0.25) is 0 Å². The number of benzene rings is 9. The highest BCUT2D eigenvalue weighted by molar-refractivity contribution is 6.21. The summed E-state index contributed by atoms with van der Waals surface area (Å²) in [5.41, 5.74) is 15.8. The van der Waals surface area contributed by atoms with E-state index in [0.717, 1.165) is 83.5 Å². The van der Waals surface area contributed by atoms with Gasteiger partial charge < -0.3 is 4.57 Å². The lowest BCUT2D eigenvalue weighted by Crippen LogP contribution is -1.97. The van der Waals surface area contributed by atoms with E-state index in [1.807, 2.05) is 24.3 Å². The summed E-state index contributed by atoms with van der Waals surface area (Å²) in [6, 6.07) is 81.6. The first-order chi connectivity index (χ1) is 31.2. The van der Waals surface area contributed by atoms with Crippen molar-refractivity contribution < 1.29 is 0 Å². The average Bonchev–Trinajstić information content (AvgIpc) is 3.70. The number of para-hydroxylation sites is 3. The molecule has 3 heterocycles. The Morgan fingerprint density at radius 2 is 0.857 bits per heavy atom. The molecule has 0 radical (unpaired) electrons. The fourth-order valence-electron chi connectivity index (χ4n) is 9.17. The fourth-order valence-corrected chi connectivity index (χ4v) is 9.17. The Hall–Kier alpha value is -8.47. The van der Waals surface area contributed by atoms with Gasteiger partial charge in [-0.15, -0.1) is 0 Å². The van der Waals surface area contributed by atoms with Crippen molar-refractivity contribution >= 4 is 43.5 Å². The molecule has 294 valence electrons. The second-order valence-corrected chi connectivity index (χ2v) is 16.0. The van der Waals surface area contributed by atoms with Crippen LogP contribution >= 0.6 is 0 Å². The molecule has 0 saturated carbocycles. The van der Waals surface area contributed by atoms with Crippen molar-refractivity contribution in [1.82, 2.24) is 19.5 Å². The summed E-state index contributed by atoms with van der Waals surface area (Å²) in [6.45, 7) is 0. The molecule has 0 amide bonds. The van der Waals surface area contributed by atoms with Crippen LogP contribution in [0, 0.1) is 0 Å². The Bertz CT molecular complexity index is 3640. The molecule has 0 bridgehead atoms. The molecule has 0 N–H and O–H groups in total. The first-order valence-electron chi connectivity index (χ1n) is 21.4. The fraction of sp³-hybridized carbons (Fsp3) is 0. The quantitative estimate of drug-likeness (QED) is 0.151. The van der Waals surface area contributed by atoms with Gasteiger partial charge in [0.2, 0.25) is 0 Å². The van der Waals surface area contributed by atoms with Crippen LogP contribution in [0.1, 0.15) is 0 Å². The van der Waals surface area contributed by atoms with Crippen LogP contribution in [0.25, 0.3) is 117 Å². The van der Waals surface area contributed by atoms with E-state index >= 15 is 0 Å². The van der Waals surface area contributed by atoms with Gasteiger partial charge in [-0.1, -0.05) is 188 Å². The molecule has 0 saturated heterocycles. The second-order valence-electron chi connectivity index (χ2n) is 16.0. The van der Waals surface area contributed by atoms with E-state index in [9.17, 15) is 0 Å². The summed E-state index contributed by atoms with van der Waals surface area (Å²) in [5, 5.41) is 5.84. The van der Waals surface area contributed by atoms with Crippen LogP contribution in [0.3, 0.4) is 0 Å². The Morgan fingerprint density at radius 1 is 0.302 bits per heavy atom. The number of fused-ring (bicyclic) bond motifs is 6. The van der Waals surface area contributed by atoms with Crippen molar-refractivity contribution in [3.63, 3.8) is 0 Å². The predicted molar refractivity (Wildman–Crippen MR) is 262 cm³/mol. The van der Waals surface area contributed by atoms with Crippen LogP contribution in [0.5, 0.6) is 0 Å². The van der Waals surface area contributed by atoms with Gasteiger partial charge in [-0.25, -0.2) is 15.0 Å². The highest BCUT2D eigenvalue weighted by atomic mass is 15.0. The molecule has 4 nitrogen and oxygen atoms in total. The minimum atomic E-state index is 0.691. The monoisotopic (exact) mass is 802 g/mol. The van der Waals surface area contributed by atoms with E-state index in [4.69, 9.17) is 15.0 Å². The molecule has 0 spiro atoms. The zero-order chi connectivity index (χ0) is 41.7. The van der Waals surface area contributed by atoms with Gasteiger partial charge in [-0.05, 0) is 64.5 Å². The molecule has 0 aliphatic carbocycles. The minimum absolute atomic E-state index is 0.691. The van der Waals surface area contributed by atoms with Crippen LogP contribution in [0.2, 0.25) is 0 Å². The number of rotatable bonds is 7. The molecule has 0 unspecified atom stereocenters. The van der Waals surface area contributed by atoms with E-state index in [0.29, 0.717) is 5.82 Å². The number of aromatic nitrogens is 4. The maximum absolute atomic E-state index is 5.29. The average molecular weight is 803 g/mol. The molecule has 0 aliphatic rings. The number of nitrogens with zero attached hydrogens (tertiary/aromatic N) is 4. The largest absolute Gasteiger partial charge is 0.309 e. The molecule has 12 aromatic rings. The van der Waals surface area contributed by atoms with Gasteiger partial charge in [0.05, 0.1) is 33.6 Å². The summed E-state index contributed by atoms with van der Waals surface area (Å²) in [6.07, 6.45) is 0. The molecule has 3 aromatic heterocycles. The minimum Gasteiger partial charge on any atom is -0.309 e. The van der Waals surface area contributed by atoms with Crippen molar-refractivity contribution in [1.29, 1.82) is 0 Å². The molecular weight excluding hydrogens is 765 g/mol. The summed E-state index contributed by atoms with van der Waals surface area (Å²) >= 11 is 0. The number of hydrogen-bond acceptors (Lipinski definition) is 3. The lowest BCUT2D eigenvalue weighted by molar-refractivity contribution is 1.18. The van der Waals surface area contributed by atoms with Gasteiger partial charge in [0.25, 0.3) is 0 Å². The van der Waals surface area contributed by atoms with Gasteiger partial charge >= 0.3 is 0 Å². The lowest BCUT2D eigenvalue weighted by Gasteiger charge is -2.14. The first kappa shape index (κ1) is 36.4. The van der Waals surface area contributed by atoms with Crippen LogP contribution in [-0.2, 0) is 0 Å². The first-order valence-corrected chi connectivity index (χ1v) is 21.4. The SMILES string of the molecule is c1ccc(-c2ccc(-c3cc(-c4cccc(-c5cccc6c7cc8c(cc7n(-c7ccccc7)c56)c(-c5ccccc5)nc5ccccc58)c4)nc(-c4ccccc4)n3)cc2)cc1. The second kappa shape index (κ2) is 15.2. The summed E-state index contributed by atoms with van der Waals surface area (Å²) in [7, 11) is 0. The highest BCUT2D eigenvalue weighted by Gasteiger charge is 2.21. The maximum atomic E-state index is 5.29. The summed E-state index contributed by atoms with van der Waals surface area (Å²) in [5.74, 6) is 0.691. The third kappa shape index (κ3) is 6.44. The maximum Gasteiger partial charge on any atom is 0.160 e. The molecule has 9 aromatic carbocycles. The zero-order valence-corrected chi connectivity index (χ0v) is 34.2. The Morgan fingerprint density at radius 3 is 1.60 bits per heavy atom. The van der Waals surface area contributed by atoms with Gasteiger partial charge in [0.15, 0.2) is 5.82 Å². The highest BCUT2D eigenvalue weighted by Crippen LogP contribution is 2.43. The van der Waals surface area contributed by atoms with E-state index in [1.54, 1.807) is 0 Å². The van der Waals surface area contributed by atoms with Crippen molar-refractivity contribution in [2.75, 3.05) is 0 Å². The van der Waals surface area contributed by atoms with Gasteiger partial charge in [0.1, 0.15) is 0 Å². The van der Waals surface area contributed by atoms with Crippen LogP contribution < -0.4 is 0 Å². The van der Waals surface area contributed by atoms with E-state index in [2.05, 4.69) is 211 Å². The van der Waals surface area contributed by atoms with Crippen LogP contribution in [0.4, 0.5) is 0 Å². The molecule has 0 atom stereocenters. The Balaban J connectivity index is 1.06. The van der Waals surface area contributed by atoms with Crippen molar-refractivity contribution in [2.24, 2.45) is 0 Å². The number of hydrogen-bond donors (Lipinski definition) is 0. The van der Waals surface area contributed by atoms with Crippen molar-refractivity contribution in [3.05, 3.63) is 231 Å². The van der Waals surface area contributed by atoms with Crippen LogP contribution in [-0.4, -0.2) is 19.5 Å². The predicted octanol–water partition coefficient (Wildman–Crippen LogP) is 15.3. The van der Waals surface area contributed by atoms with Crippen LogP contribution in [0.15, 0.2) is 231 Å². The normalized spacial score (nSPS) is 11.5. The molecular formula is C59H38N4. The van der Waals surface area contributed by atoms with E-state index in [1.165, 1.54) is 27.3 Å². The molecule has 0 aliphatic heterocycles. The molecule has 63 heavy (non-hydrogen) atoms. The van der Waals surface area contributed by atoms with E-state index < -0.39 is 0 Å². The number of pyridine rings is 1. The molecule has 12 rings (SSSR count). The Kier molecular flexibility index (Phi) is 8.79. The third-order valence-electron chi connectivity index (χ3n) is 12.2. The summed E-state index contributed by atoms with van der Waals surface area (Å²) in [4.78, 5) is 15.7. The zero-order valence-electron chi connectivity index (χ0n) is 34.2.